The Kier molecular flexibility index (Phi) is 11.4. The monoisotopic (exact) mass is 657 g/mol. The van der Waals surface area contributed by atoms with Gasteiger partial charge in [-0.25, -0.2) is 0 Å². The number of hydrogen-bond donors (Lipinski definition) is 3. The number of aliphatic hydroxyl groups is 1. The Balaban J connectivity index is 1.34. The SMILES string of the molecule is CI(C)N1CCCC(OC(=O)Nc2cc(CCCCC(=O)Nc3ccc(CO)cc3)ccc2-c2ccccc2)C1. The van der Waals surface area contributed by atoms with Crippen molar-refractivity contribution in [3.05, 3.63) is 83.9 Å². The van der Waals surface area contributed by atoms with Gasteiger partial charge in [0.15, 0.2) is 0 Å². The number of rotatable bonds is 11. The van der Waals surface area contributed by atoms with Gasteiger partial charge in [0.1, 0.15) is 0 Å². The number of anilines is 2. The molecule has 1 saturated heterocycles. The molecule has 0 aliphatic carbocycles. The molecule has 3 aromatic rings. The Hall–Kier alpha value is -2.95. The number of carbonyl (C=O) groups is 2. The Morgan fingerprint density at radius 3 is 2.45 bits per heavy atom. The number of aryl methyl sites for hydroxylation is 1. The molecule has 1 fully saturated rings. The predicted molar refractivity (Wildman–Crippen MR) is 171 cm³/mol. The van der Waals surface area contributed by atoms with Gasteiger partial charge < -0.3 is 10.4 Å². The molecule has 0 spiro atoms. The molecule has 1 heterocycles. The summed E-state index contributed by atoms with van der Waals surface area (Å²) in [4.78, 5) is 30.0. The molecule has 8 heteroatoms. The van der Waals surface area contributed by atoms with Crippen molar-refractivity contribution in [2.75, 3.05) is 33.6 Å². The summed E-state index contributed by atoms with van der Waals surface area (Å²) in [5, 5.41) is 15.1. The van der Waals surface area contributed by atoms with Crippen LogP contribution in [-0.4, -0.2) is 49.3 Å². The van der Waals surface area contributed by atoms with Crippen LogP contribution >= 0.6 is 20.1 Å². The van der Waals surface area contributed by atoms with Crippen LogP contribution in [-0.2, 0) is 22.6 Å². The molecule has 0 bridgehead atoms. The van der Waals surface area contributed by atoms with Gasteiger partial charge in [0.25, 0.3) is 0 Å². The van der Waals surface area contributed by atoms with Crippen molar-refractivity contribution in [2.45, 2.75) is 51.2 Å². The fourth-order valence-corrected chi connectivity index (χ4v) is 7.37. The molecule has 0 aromatic heterocycles. The zero-order chi connectivity index (χ0) is 28.3. The standard InChI is InChI=1S/C32H40IN3O4/c1-33(2)36-20-8-12-28(22-36)40-32(39)35-30-21-24(16-19-29(30)26-10-4-3-5-11-26)9-6-7-13-31(38)34-27-17-14-25(23-37)15-18-27/h3-5,10-11,14-19,21,28,37H,6-9,12-13,20,22-23H2,1-2H3,(H,34,38)(H,35,39). The van der Waals surface area contributed by atoms with Gasteiger partial charge in [-0.2, -0.15) is 0 Å². The van der Waals surface area contributed by atoms with Crippen molar-refractivity contribution in [2.24, 2.45) is 0 Å². The zero-order valence-corrected chi connectivity index (χ0v) is 25.5. The second-order valence-corrected chi connectivity index (χ2v) is 15.7. The first-order valence-electron chi connectivity index (χ1n) is 13.8. The number of benzene rings is 3. The number of carbonyl (C=O) groups excluding carboxylic acids is 2. The van der Waals surface area contributed by atoms with Crippen molar-refractivity contribution in [1.82, 2.24) is 3.11 Å². The van der Waals surface area contributed by atoms with E-state index in [2.05, 4.69) is 35.7 Å². The van der Waals surface area contributed by atoms with Crippen LogP contribution in [0, 0.1) is 0 Å². The Labute approximate surface area is 245 Å². The molecule has 7 nitrogen and oxygen atoms in total. The van der Waals surface area contributed by atoms with E-state index >= 15 is 0 Å². The number of nitrogens with zero attached hydrogens (tertiary/aromatic N) is 1. The summed E-state index contributed by atoms with van der Waals surface area (Å²) < 4.78 is 8.38. The summed E-state index contributed by atoms with van der Waals surface area (Å²) in [6.07, 6.45) is 4.32. The molecule has 1 atom stereocenters. The maximum atomic E-state index is 13.0. The Morgan fingerprint density at radius 2 is 1.73 bits per heavy atom. The second-order valence-electron chi connectivity index (χ2n) is 10.2. The normalized spacial score (nSPS) is 15.8. The number of unbranched alkanes of at least 4 members (excludes halogenated alkanes) is 1. The number of alkyl halides is 2. The van der Waals surface area contributed by atoms with Crippen LogP contribution in [0.4, 0.5) is 16.2 Å². The van der Waals surface area contributed by atoms with E-state index < -0.39 is 26.2 Å². The average Bonchev–Trinajstić information content (AvgIpc) is 2.96. The topological polar surface area (TPSA) is 90.9 Å². The average molecular weight is 658 g/mol. The first-order chi connectivity index (χ1) is 19.4. The van der Waals surface area contributed by atoms with Gasteiger partial charge in [0.05, 0.1) is 6.61 Å². The van der Waals surface area contributed by atoms with Gasteiger partial charge >= 0.3 is 176 Å². The van der Waals surface area contributed by atoms with E-state index in [1.807, 2.05) is 36.4 Å². The first-order valence-corrected chi connectivity index (χ1v) is 19.1. The van der Waals surface area contributed by atoms with Crippen LogP contribution < -0.4 is 10.6 Å². The molecular formula is C32H40IN3O4. The Bertz CT molecular complexity index is 1250. The number of halogens is 1. The summed E-state index contributed by atoms with van der Waals surface area (Å²) in [7, 11) is 0. The van der Waals surface area contributed by atoms with E-state index in [0.717, 1.165) is 78.8 Å². The van der Waals surface area contributed by atoms with Crippen LogP contribution in [0.15, 0.2) is 72.8 Å². The van der Waals surface area contributed by atoms with E-state index in [-0.39, 0.29) is 18.6 Å². The minimum atomic E-state index is -1.09. The van der Waals surface area contributed by atoms with Crippen molar-refractivity contribution < 1.29 is 19.4 Å². The van der Waals surface area contributed by atoms with Gasteiger partial charge in [-0.3, -0.25) is 4.79 Å². The van der Waals surface area contributed by atoms with Crippen LogP contribution in [0.1, 0.15) is 43.2 Å². The third-order valence-electron chi connectivity index (χ3n) is 7.03. The van der Waals surface area contributed by atoms with Crippen molar-refractivity contribution in [3.8, 4) is 11.1 Å². The summed E-state index contributed by atoms with van der Waals surface area (Å²) in [6, 6.07) is 23.4. The zero-order valence-electron chi connectivity index (χ0n) is 23.4. The Morgan fingerprint density at radius 1 is 0.975 bits per heavy atom. The maximum absolute atomic E-state index is 13.0. The summed E-state index contributed by atoms with van der Waals surface area (Å²) in [5.74, 6) is -0.0250. The number of aliphatic hydroxyl groups excluding tert-OH is 1. The molecule has 1 aliphatic heterocycles. The van der Waals surface area contributed by atoms with Gasteiger partial charge in [-0.1, -0.05) is 12.1 Å². The van der Waals surface area contributed by atoms with E-state index in [9.17, 15) is 9.59 Å². The van der Waals surface area contributed by atoms with Crippen molar-refractivity contribution in [3.63, 3.8) is 0 Å². The summed E-state index contributed by atoms with van der Waals surface area (Å²) in [5.41, 5.74) is 5.37. The number of amides is 2. The molecule has 3 aromatic carbocycles. The van der Waals surface area contributed by atoms with E-state index in [1.54, 1.807) is 24.3 Å². The second kappa shape index (κ2) is 15.2. The van der Waals surface area contributed by atoms with Crippen molar-refractivity contribution >= 4 is 43.5 Å². The summed E-state index contributed by atoms with van der Waals surface area (Å²) in [6.45, 7) is 1.93. The number of nitrogens with one attached hydrogen (secondary N) is 2. The molecule has 214 valence electrons. The molecule has 2 amide bonds. The third kappa shape index (κ3) is 9.04. The van der Waals surface area contributed by atoms with Gasteiger partial charge in [-0.15, -0.1) is 0 Å². The minimum absolute atomic E-state index is 0.0159. The van der Waals surface area contributed by atoms with Crippen LogP contribution in [0.2, 0.25) is 0 Å². The first kappa shape index (κ1) is 30.0. The van der Waals surface area contributed by atoms with Gasteiger partial charge in [-0.05, 0) is 17.7 Å². The fraction of sp³-hybridized carbons (Fsp3) is 0.375. The number of hydrogen-bond acceptors (Lipinski definition) is 5. The van der Waals surface area contributed by atoms with E-state index in [4.69, 9.17) is 9.84 Å². The van der Waals surface area contributed by atoms with Gasteiger partial charge in [0, 0.05) is 12.1 Å². The number of ether oxygens (including phenoxy) is 1. The molecule has 0 radical (unpaired) electrons. The van der Waals surface area contributed by atoms with Crippen LogP contribution in [0.25, 0.3) is 11.1 Å². The molecule has 0 saturated carbocycles. The fourth-order valence-electron chi connectivity index (χ4n) is 4.84. The quantitative estimate of drug-likeness (QED) is 0.0905. The molecule has 1 unspecified atom stereocenters. The van der Waals surface area contributed by atoms with E-state index in [0.29, 0.717) is 6.42 Å². The predicted octanol–water partition coefficient (Wildman–Crippen LogP) is 6.89. The molecular weight excluding hydrogens is 617 g/mol. The van der Waals surface area contributed by atoms with Crippen molar-refractivity contribution in [1.29, 1.82) is 0 Å². The van der Waals surface area contributed by atoms with E-state index in [1.165, 1.54) is 0 Å². The molecule has 40 heavy (non-hydrogen) atoms. The van der Waals surface area contributed by atoms with Gasteiger partial charge in [0.2, 0.25) is 5.91 Å². The summed E-state index contributed by atoms with van der Waals surface area (Å²) >= 11 is -1.09. The molecule has 4 rings (SSSR count). The third-order valence-corrected chi connectivity index (χ3v) is 10.6. The molecule has 1 aliphatic rings. The van der Waals surface area contributed by atoms with Crippen LogP contribution in [0.5, 0.6) is 0 Å². The molecule has 3 N–H and O–H groups in total. The number of piperidine rings is 1. The van der Waals surface area contributed by atoms with Crippen LogP contribution in [0.3, 0.4) is 0 Å².